The van der Waals surface area contributed by atoms with Gasteiger partial charge in [-0.25, -0.2) is 0 Å². The molecule has 3 saturated carbocycles. The van der Waals surface area contributed by atoms with Crippen LogP contribution in [0.15, 0.2) is 0 Å². The molecule has 1 aliphatic heterocycles. The third-order valence-electron chi connectivity index (χ3n) is 10.0. The van der Waals surface area contributed by atoms with Gasteiger partial charge in [0.05, 0.1) is 36.6 Å². The standard InChI is InChI=1S/C11H22O4Si.C10H22O4Si.C8H18O5Si.3CH4/c1-12-16(13-2,14-3)7-6-9-4-5-10-11(8-9)15-10;1-14-15(2,13)6-5-8-3-4-9(11)10(12)7-8;9-7-2-1-6(5-8(7)10)3-4-14(11,12)13;;;/h9-11H,4-8H2,1-3H3;8-13H,3-7H2,1-2H3;6-13H,1-5H2;3*1H4. The molecule has 10 atom stereocenters. The molecule has 0 amide bonds. The molecule has 4 rings (SSSR count). The van der Waals surface area contributed by atoms with E-state index in [1.54, 1.807) is 35.0 Å². The molecule has 1 heterocycles. The third-order valence-corrected chi connectivity index (χ3v) is 15.9. The lowest BCUT2D eigenvalue weighted by Crippen LogP contribution is -2.43. The Labute approximate surface area is 294 Å². The van der Waals surface area contributed by atoms with Gasteiger partial charge in [-0.1, -0.05) is 22.3 Å². The van der Waals surface area contributed by atoms with Crippen LogP contribution in [-0.4, -0.2) is 131 Å². The first-order valence-electron chi connectivity index (χ1n) is 16.5. The summed E-state index contributed by atoms with van der Waals surface area (Å²) in [7, 11) is -2.13. The Balaban J connectivity index is 0. The van der Waals surface area contributed by atoms with Gasteiger partial charge in [0.15, 0.2) is 0 Å². The van der Waals surface area contributed by atoms with Gasteiger partial charge in [-0.05, 0) is 107 Å². The maximum atomic E-state index is 9.78. The van der Waals surface area contributed by atoms with E-state index in [0.717, 1.165) is 37.6 Å². The highest BCUT2D eigenvalue weighted by molar-refractivity contribution is 6.64. The van der Waals surface area contributed by atoms with Crippen LogP contribution in [0, 0.1) is 17.8 Å². The first-order valence-corrected chi connectivity index (χ1v) is 23.1. The van der Waals surface area contributed by atoms with Gasteiger partial charge in [-0.3, -0.25) is 0 Å². The Bertz CT molecular complexity index is 810. The van der Waals surface area contributed by atoms with Crippen LogP contribution in [-0.2, 0) is 22.4 Å². The molecule has 48 heavy (non-hydrogen) atoms. The molecule has 0 radical (unpaired) electrons. The minimum absolute atomic E-state index is 0. The second-order valence-corrected chi connectivity index (χ2v) is 22.0. The zero-order chi connectivity index (χ0) is 33.8. The predicted molar refractivity (Wildman–Crippen MR) is 193 cm³/mol. The summed E-state index contributed by atoms with van der Waals surface area (Å²) in [4.78, 5) is 36.2. The number of fused-ring (bicyclic) bond motifs is 1. The SMILES string of the molecule is C.C.C.CO[Si](C)(O)CCC1CCC(O)C(O)C1.CO[Si](CCC1CCC2OC2C1)(OC)OC.OC1CCC(CC[Si](O)(O)O)CC1O. The van der Waals surface area contributed by atoms with Crippen molar-refractivity contribution in [1.29, 1.82) is 0 Å². The highest BCUT2D eigenvalue weighted by Gasteiger charge is 2.45. The average molecular weight is 751 g/mol. The number of aliphatic hydroxyl groups excluding tert-OH is 4. The molecule has 1 saturated heterocycles. The lowest BCUT2D eigenvalue weighted by Gasteiger charge is -2.31. The maximum Gasteiger partial charge on any atom is 0.500 e. The lowest BCUT2D eigenvalue weighted by molar-refractivity contribution is -0.0262. The van der Waals surface area contributed by atoms with Crippen molar-refractivity contribution in [3.05, 3.63) is 0 Å². The van der Waals surface area contributed by atoms with Crippen LogP contribution in [0.5, 0.6) is 0 Å². The fourth-order valence-corrected chi connectivity index (χ4v) is 10.4. The molecule has 4 aliphatic rings. The van der Waals surface area contributed by atoms with Crippen molar-refractivity contribution in [3.63, 3.8) is 0 Å². The normalized spacial score (nSPS) is 32.6. The molecule has 4 fully saturated rings. The fourth-order valence-electron chi connectivity index (χ4n) is 6.61. The summed E-state index contributed by atoms with van der Waals surface area (Å²) in [5.41, 5.74) is 0. The van der Waals surface area contributed by atoms with Crippen LogP contribution in [0.25, 0.3) is 0 Å². The molecular weight excluding hydrogens is 677 g/mol. The summed E-state index contributed by atoms with van der Waals surface area (Å²) >= 11 is 0. The van der Waals surface area contributed by atoms with Gasteiger partial charge in [-0.15, -0.1) is 0 Å². The van der Waals surface area contributed by atoms with Gasteiger partial charge in [0.2, 0.25) is 0 Å². The summed E-state index contributed by atoms with van der Waals surface area (Å²) in [6.45, 7) is 1.78. The predicted octanol–water partition coefficient (Wildman–Crippen LogP) is 3.15. The second-order valence-electron chi connectivity index (χ2n) is 13.6. The van der Waals surface area contributed by atoms with Gasteiger partial charge >= 0.3 is 26.2 Å². The molecule has 10 unspecified atom stereocenters. The van der Waals surface area contributed by atoms with Crippen LogP contribution < -0.4 is 0 Å². The smallest absolute Gasteiger partial charge is 0.411 e. The molecule has 0 spiro atoms. The van der Waals surface area contributed by atoms with Crippen molar-refractivity contribution >= 4 is 26.2 Å². The first kappa shape index (κ1) is 50.2. The van der Waals surface area contributed by atoms with Crippen LogP contribution in [0.3, 0.4) is 0 Å². The Morgan fingerprint density at radius 3 is 1.33 bits per heavy atom. The fraction of sp³-hybridized carbons (Fsp3) is 1.00. The Kier molecular flexibility index (Phi) is 24.7. The van der Waals surface area contributed by atoms with E-state index in [0.29, 0.717) is 56.3 Å². The quantitative estimate of drug-likeness (QED) is 0.101. The van der Waals surface area contributed by atoms with Crippen molar-refractivity contribution in [3.8, 4) is 0 Å². The number of hydrogen-bond acceptors (Lipinski definition) is 13. The number of ether oxygens (including phenoxy) is 1. The van der Waals surface area contributed by atoms with Crippen LogP contribution in [0.2, 0.25) is 24.7 Å². The zero-order valence-corrected chi connectivity index (χ0v) is 30.9. The van der Waals surface area contributed by atoms with Crippen molar-refractivity contribution in [2.75, 3.05) is 28.4 Å². The topological polar surface area (TPSA) is 211 Å². The molecule has 13 nitrogen and oxygen atoms in total. The van der Waals surface area contributed by atoms with Crippen LogP contribution >= 0.6 is 0 Å². The van der Waals surface area contributed by atoms with E-state index in [4.69, 9.17) is 36.8 Å². The summed E-state index contributed by atoms with van der Waals surface area (Å²) < 4.78 is 26.9. The zero-order valence-electron chi connectivity index (χ0n) is 27.9. The Hall–Kier alpha value is 0.131. The first-order chi connectivity index (χ1) is 21.1. The summed E-state index contributed by atoms with van der Waals surface area (Å²) in [6.07, 6.45) is 8.94. The molecule has 3 aliphatic carbocycles. The van der Waals surface area contributed by atoms with E-state index < -0.39 is 50.6 Å². The number of hydrogen-bond donors (Lipinski definition) is 8. The lowest BCUT2D eigenvalue weighted by atomic mass is 9.84. The number of rotatable bonds is 13. The van der Waals surface area contributed by atoms with E-state index in [2.05, 4.69) is 0 Å². The molecule has 292 valence electrons. The van der Waals surface area contributed by atoms with Gasteiger partial charge in [0.1, 0.15) is 0 Å². The monoisotopic (exact) mass is 750 g/mol. The van der Waals surface area contributed by atoms with E-state index in [1.807, 2.05) is 0 Å². The molecule has 0 aromatic rings. The summed E-state index contributed by atoms with van der Waals surface area (Å²) in [5, 5.41) is 37.4. The second kappa shape index (κ2) is 23.6. The van der Waals surface area contributed by atoms with Gasteiger partial charge in [-0.2, -0.15) is 0 Å². The highest BCUT2D eigenvalue weighted by atomic mass is 28.4. The Morgan fingerprint density at radius 2 is 0.938 bits per heavy atom. The molecule has 16 heteroatoms. The molecule has 0 bridgehead atoms. The number of epoxide rings is 1. The van der Waals surface area contributed by atoms with E-state index >= 15 is 0 Å². The highest BCUT2D eigenvalue weighted by Crippen LogP contribution is 2.41. The Morgan fingerprint density at radius 1 is 0.521 bits per heavy atom. The minimum atomic E-state index is -3.92. The molecule has 8 N–H and O–H groups in total. The van der Waals surface area contributed by atoms with E-state index in [-0.39, 0.29) is 34.2 Å². The average Bonchev–Trinajstić information content (AvgIpc) is 3.79. The van der Waals surface area contributed by atoms with E-state index in [9.17, 15) is 25.2 Å². The van der Waals surface area contributed by atoms with Crippen molar-refractivity contribution < 1.29 is 62.0 Å². The van der Waals surface area contributed by atoms with Crippen LogP contribution in [0.1, 0.15) is 99.3 Å². The molecule has 0 aromatic carbocycles. The molecular formula is C32H74O13Si3. The van der Waals surface area contributed by atoms with Gasteiger partial charge < -0.3 is 62.0 Å². The summed E-state index contributed by atoms with van der Waals surface area (Å²) in [6, 6.07) is 1.63. The number of aliphatic hydroxyl groups is 4. The molecule has 0 aromatic heterocycles. The van der Waals surface area contributed by atoms with E-state index in [1.165, 1.54) is 19.3 Å². The van der Waals surface area contributed by atoms with Gasteiger partial charge in [0.25, 0.3) is 0 Å². The third kappa shape index (κ3) is 18.6. The van der Waals surface area contributed by atoms with Crippen LogP contribution in [0.4, 0.5) is 0 Å². The van der Waals surface area contributed by atoms with Crippen molar-refractivity contribution in [2.24, 2.45) is 17.8 Å². The van der Waals surface area contributed by atoms with Crippen molar-refractivity contribution in [1.82, 2.24) is 0 Å². The maximum absolute atomic E-state index is 9.78. The summed E-state index contributed by atoms with van der Waals surface area (Å²) in [5.74, 6) is 1.35. The largest absolute Gasteiger partial charge is 0.500 e. The van der Waals surface area contributed by atoms with Crippen molar-refractivity contribution in [2.45, 2.75) is 161 Å². The minimum Gasteiger partial charge on any atom is -0.411 e. The van der Waals surface area contributed by atoms with Gasteiger partial charge in [0, 0.05) is 40.5 Å².